The molecule has 1 aromatic rings. The second-order valence-electron chi connectivity index (χ2n) is 7.52. The highest BCUT2D eigenvalue weighted by Crippen LogP contribution is 2.45. The van der Waals surface area contributed by atoms with Crippen molar-refractivity contribution in [3.63, 3.8) is 0 Å². The van der Waals surface area contributed by atoms with Gasteiger partial charge in [-0.05, 0) is 18.9 Å². The number of sulfonamides is 1. The molecule has 1 spiro atoms. The fraction of sp³-hybridized carbons (Fsp3) is 0.611. The molecule has 2 aliphatic heterocycles. The molecule has 1 aromatic carbocycles. The number of nitrogens with one attached hydrogen (secondary N) is 1. The van der Waals surface area contributed by atoms with Gasteiger partial charge in [-0.1, -0.05) is 18.2 Å². The molecule has 1 saturated carbocycles. The van der Waals surface area contributed by atoms with Crippen LogP contribution in [-0.2, 0) is 14.8 Å². The average Bonchev–Trinajstić information content (AvgIpc) is 3.39. The van der Waals surface area contributed by atoms with Crippen molar-refractivity contribution < 1.29 is 17.9 Å². The minimum absolute atomic E-state index is 0.0668. The summed E-state index contributed by atoms with van der Waals surface area (Å²) in [6.07, 6.45) is 5.19. The third-order valence-electron chi connectivity index (χ3n) is 5.56. The molecular formula is C18H24N2O4S. The Morgan fingerprint density at radius 2 is 1.92 bits per heavy atom. The number of amides is 1. The molecule has 2 heterocycles. The molecule has 25 heavy (non-hydrogen) atoms. The van der Waals surface area contributed by atoms with E-state index in [2.05, 4.69) is 5.32 Å². The third-order valence-corrected chi connectivity index (χ3v) is 6.87. The Morgan fingerprint density at radius 3 is 2.56 bits per heavy atom. The van der Waals surface area contributed by atoms with Gasteiger partial charge in [0, 0.05) is 43.8 Å². The van der Waals surface area contributed by atoms with E-state index in [1.807, 2.05) is 24.3 Å². The van der Waals surface area contributed by atoms with Crippen LogP contribution >= 0.6 is 0 Å². The Labute approximate surface area is 148 Å². The molecule has 6 nitrogen and oxygen atoms in total. The third kappa shape index (κ3) is 3.40. The van der Waals surface area contributed by atoms with Crippen LogP contribution in [0.4, 0.5) is 0 Å². The van der Waals surface area contributed by atoms with E-state index in [9.17, 15) is 13.2 Å². The van der Waals surface area contributed by atoms with Gasteiger partial charge in [0.2, 0.25) is 15.9 Å². The highest BCUT2D eigenvalue weighted by molar-refractivity contribution is 7.88. The summed E-state index contributed by atoms with van der Waals surface area (Å²) in [4.78, 5) is 12.3. The molecule has 136 valence electrons. The zero-order valence-electron chi connectivity index (χ0n) is 14.4. The highest BCUT2D eigenvalue weighted by Gasteiger charge is 2.45. The van der Waals surface area contributed by atoms with Gasteiger partial charge in [-0.25, -0.2) is 12.7 Å². The van der Waals surface area contributed by atoms with Crippen LogP contribution in [0.15, 0.2) is 24.3 Å². The molecule has 1 amide bonds. The van der Waals surface area contributed by atoms with Crippen LogP contribution in [0.1, 0.15) is 43.7 Å². The summed E-state index contributed by atoms with van der Waals surface area (Å²) >= 11 is 0. The molecule has 2 fully saturated rings. The Morgan fingerprint density at radius 1 is 1.24 bits per heavy atom. The number of carbonyl (C=O) groups is 1. The van der Waals surface area contributed by atoms with E-state index in [0.29, 0.717) is 32.4 Å². The summed E-state index contributed by atoms with van der Waals surface area (Å²) in [7, 11) is -3.17. The first-order valence-electron chi connectivity index (χ1n) is 8.90. The largest absolute Gasteiger partial charge is 0.487 e. The molecule has 1 unspecified atom stereocenters. The molecule has 3 aliphatic rings. The molecule has 4 rings (SSSR count). The quantitative estimate of drug-likeness (QED) is 0.888. The predicted molar refractivity (Wildman–Crippen MR) is 93.7 cm³/mol. The maximum atomic E-state index is 12.3. The zero-order chi connectivity index (χ0) is 17.7. The van der Waals surface area contributed by atoms with Crippen LogP contribution in [0.5, 0.6) is 5.75 Å². The van der Waals surface area contributed by atoms with Crippen molar-refractivity contribution in [1.82, 2.24) is 9.62 Å². The summed E-state index contributed by atoms with van der Waals surface area (Å²) in [5.74, 6) is 1.10. The van der Waals surface area contributed by atoms with Crippen molar-refractivity contribution in [3.8, 4) is 5.75 Å². The van der Waals surface area contributed by atoms with Crippen molar-refractivity contribution >= 4 is 15.9 Å². The lowest BCUT2D eigenvalue weighted by Gasteiger charge is -2.46. The van der Waals surface area contributed by atoms with E-state index in [1.165, 1.54) is 10.6 Å². The minimum Gasteiger partial charge on any atom is -0.487 e. The lowest BCUT2D eigenvalue weighted by molar-refractivity contribution is -0.123. The SMILES string of the molecule is CS(=O)(=O)N1CCC2(CC1)CC(NC(=O)C1CC1)c1ccccc1O2. The fourth-order valence-corrected chi connectivity index (χ4v) is 4.76. The van der Waals surface area contributed by atoms with Gasteiger partial charge >= 0.3 is 0 Å². The first-order chi connectivity index (χ1) is 11.9. The molecule has 0 aromatic heterocycles. The summed E-state index contributed by atoms with van der Waals surface area (Å²) in [5, 5.41) is 3.20. The predicted octanol–water partition coefficient (Wildman–Crippen LogP) is 1.83. The fourth-order valence-electron chi connectivity index (χ4n) is 3.91. The number of ether oxygens (including phenoxy) is 1. The monoisotopic (exact) mass is 364 g/mol. The number of para-hydroxylation sites is 1. The van der Waals surface area contributed by atoms with E-state index >= 15 is 0 Å². The molecule has 1 N–H and O–H groups in total. The molecule has 1 atom stereocenters. The van der Waals surface area contributed by atoms with Gasteiger partial charge in [-0.15, -0.1) is 0 Å². The van der Waals surface area contributed by atoms with E-state index in [1.54, 1.807) is 0 Å². The van der Waals surface area contributed by atoms with Gasteiger partial charge in [0.1, 0.15) is 11.4 Å². The number of rotatable bonds is 3. The van der Waals surface area contributed by atoms with Gasteiger partial charge in [-0.3, -0.25) is 4.79 Å². The van der Waals surface area contributed by atoms with Gasteiger partial charge in [0.25, 0.3) is 0 Å². The Kier molecular flexibility index (Phi) is 4.03. The number of nitrogens with zero attached hydrogens (tertiary/aromatic N) is 1. The van der Waals surface area contributed by atoms with E-state index in [-0.39, 0.29) is 17.9 Å². The smallest absolute Gasteiger partial charge is 0.223 e. The summed E-state index contributed by atoms with van der Waals surface area (Å²) in [6.45, 7) is 0.925. The van der Waals surface area contributed by atoms with Crippen molar-refractivity contribution in [2.75, 3.05) is 19.3 Å². The number of benzene rings is 1. The number of carbonyl (C=O) groups excluding carboxylic acids is 1. The highest BCUT2D eigenvalue weighted by atomic mass is 32.2. The van der Waals surface area contributed by atoms with Crippen LogP contribution in [0.25, 0.3) is 0 Å². The van der Waals surface area contributed by atoms with Crippen molar-refractivity contribution in [2.45, 2.75) is 43.7 Å². The van der Waals surface area contributed by atoms with E-state index in [4.69, 9.17) is 4.74 Å². The first-order valence-corrected chi connectivity index (χ1v) is 10.7. The van der Waals surface area contributed by atoms with Gasteiger partial charge in [0.05, 0.1) is 12.3 Å². The summed E-state index contributed by atoms with van der Waals surface area (Å²) < 4.78 is 31.4. The van der Waals surface area contributed by atoms with Crippen molar-refractivity contribution in [3.05, 3.63) is 29.8 Å². The Bertz CT molecular complexity index is 780. The molecule has 0 bridgehead atoms. The normalized spacial score (nSPS) is 25.9. The van der Waals surface area contributed by atoms with Gasteiger partial charge in [0.15, 0.2) is 0 Å². The second kappa shape index (κ2) is 5.99. The van der Waals surface area contributed by atoms with Gasteiger partial charge < -0.3 is 10.1 Å². The maximum absolute atomic E-state index is 12.3. The summed E-state index contributed by atoms with van der Waals surface area (Å²) in [6, 6.07) is 7.77. The standard InChI is InChI=1S/C18H24N2O4S/c1-25(22,23)20-10-8-18(9-11-20)12-15(19-17(21)13-6-7-13)14-4-2-3-5-16(14)24-18/h2-5,13,15H,6-12H2,1H3,(H,19,21). The summed E-state index contributed by atoms with van der Waals surface area (Å²) in [5.41, 5.74) is 0.615. The topological polar surface area (TPSA) is 75.7 Å². The minimum atomic E-state index is -3.17. The zero-order valence-corrected chi connectivity index (χ0v) is 15.2. The first kappa shape index (κ1) is 16.8. The van der Waals surface area contributed by atoms with Crippen molar-refractivity contribution in [1.29, 1.82) is 0 Å². The number of fused-ring (bicyclic) bond motifs is 1. The Balaban J connectivity index is 1.56. The van der Waals surface area contributed by atoms with E-state index < -0.39 is 15.6 Å². The lowest BCUT2D eigenvalue weighted by atomic mass is 9.81. The molecule has 0 radical (unpaired) electrons. The number of hydrogen-bond donors (Lipinski definition) is 1. The Hall–Kier alpha value is -1.60. The van der Waals surface area contributed by atoms with Crippen LogP contribution in [0.2, 0.25) is 0 Å². The van der Waals surface area contributed by atoms with Gasteiger partial charge in [-0.2, -0.15) is 0 Å². The van der Waals surface area contributed by atoms with Crippen LogP contribution in [0, 0.1) is 5.92 Å². The molecule has 1 aliphatic carbocycles. The average molecular weight is 364 g/mol. The lowest BCUT2D eigenvalue weighted by Crippen LogP contribution is -2.53. The molecule has 7 heteroatoms. The molecule has 1 saturated heterocycles. The molecular weight excluding hydrogens is 340 g/mol. The van der Waals surface area contributed by atoms with E-state index in [0.717, 1.165) is 24.2 Å². The van der Waals surface area contributed by atoms with Crippen LogP contribution in [-0.4, -0.2) is 43.6 Å². The second-order valence-corrected chi connectivity index (χ2v) is 9.51. The van der Waals surface area contributed by atoms with Crippen LogP contribution in [0.3, 0.4) is 0 Å². The number of piperidine rings is 1. The number of hydrogen-bond acceptors (Lipinski definition) is 4. The maximum Gasteiger partial charge on any atom is 0.223 e. The van der Waals surface area contributed by atoms with Crippen molar-refractivity contribution in [2.24, 2.45) is 5.92 Å². The van der Waals surface area contributed by atoms with Crippen LogP contribution < -0.4 is 10.1 Å².